The Morgan fingerprint density at radius 3 is 2.12 bits per heavy atom. The van der Waals surface area contributed by atoms with Crippen LogP contribution in [-0.4, -0.2) is 10.1 Å². The van der Waals surface area contributed by atoms with Crippen molar-refractivity contribution >= 4 is 29.7 Å². The van der Waals surface area contributed by atoms with Gasteiger partial charge in [-0.1, -0.05) is 26.1 Å². The van der Waals surface area contributed by atoms with Crippen LogP contribution in [0.1, 0.15) is 13.8 Å². The van der Waals surface area contributed by atoms with Crippen LogP contribution < -0.4 is 0 Å². The predicted octanol–water partition coefficient (Wildman–Crippen LogP) is 1.94. The lowest BCUT2D eigenvalue weighted by molar-refractivity contribution is 0.442. The lowest BCUT2D eigenvalue weighted by atomic mass is 9.75. The Kier molecular flexibility index (Phi) is 1.63. The second-order valence-corrected chi connectivity index (χ2v) is 3.52. The zero-order chi connectivity index (χ0) is 6.31. The Bertz CT molecular complexity index is 108. The van der Waals surface area contributed by atoms with Gasteiger partial charge in [0.1, 0.15) is 0 Å². The van der Waals surface area contributed by atoms with E-state index in [1.165, 1.54) is 0 Å². The molecule has 0 amide bonds. The molecule has 0 spiro atoms. The van der Waals surface area contributed by atoms with E-state index in [2.05, 4.69) is 26.5 Å². The summed E-state index contributed by atoms with van der Waals surface area (Å²) in [5.41, 5.74) is 0. The van der Waals surface area contributed by atoms with E-state index < -0.39 is 0 Å². The number of thiocarbonyl (C=S) groups is 1. The molecule has 2 heteroatoms. The van der Waals surface area contributed by atoms with Gasteiger partial charge < -0.3 is 0 Å². The molecule has 0 heterocycles. The SMILES string of the molecule is CC1C(=S)C(S)C1C. The van der Waals surface area contributed by atoms with Crippen LogP contribution in [0.25, 0.3) is 0 Å². The van der Waals surface area contributed by atoms with Crippen molar-refractivity contribution in [1.82, 2.24) is 0 Å². The summed E-state index contributed by atoms with van der Waals surface area (Å²) >= 11 is 9.32. The van der Waals surface area contributed by atoms with Crippen molar-refractivity contribution in [1.29, 1.82) is 0 Å². The van der Waals surface area contributed by atoms with Crippen molar-refractivity contribution in [3.8, 4) is 0 Å². The Morgan fingerprint density at radius 1 is 1.50 bits per heavy atom. The number of thiol groups is 1. The van der Waals surface area contributed by atoms with Crippen molar-refractivity contribution < 1.29 is 0 Å². The summed E-state index contributed by atoms with van der Waals surface area (Å²) in [7, 11) is 0. The highest BCUT2D eigenvalue weighted by molar-refractivity contribution is 7.87. The maximum absolute atomic E-state index is 5.03. The van der Waals surface area contributed by atoms with Crippen LogP contribution in [0.15, 0.2) is 0 Å². The highest BCUT2D eigenvalue weighted by Gasteiger charge is 2.37. The molecular formula is C6H10S2. The van der Waals surface area contributed by atoms with Crippen LogP contribution in [0.5, 0.6) is 0 Å². The average Bonchev–Trinajstić information content (AvgIpc) is 1.83. The highest BCUT2D eigenvalue weighted by Crippen LogP contribution is 2.35. The first-order valence-electron chi connectivity index (χ1n) is 2.86. The van der Waals surface area contributed by atoms with Crippen molar-refractivity contribution in [3.63, 3.8) is 0 Å². The highest BCUT2D eigenvalue weighted by atomic mass is 32.1. The molecule has 0 radical (unpaired) electrons. The Balaban J connectivity index is 2.55. The summed E-state index contributed by atoms with van der Waals surface area (Å²) in [4.78, 5) is 1.14. The number of rotatable bonds is 0. The van der Waals surface area contributed by atoms with E-state index in [1.807, 2.05) is 0 Å². The normalized spacial score (nSPS) is 46.4. The summed E-state index contributed by atoms with van der Waals surface area (Å²) in [5.74, 6) is 1.33. The molecule has 3 atom stereocenters. The van der Waals surface area contributed by atoms with Crippen LogP contribution in [0.2, 0.25) is 0 Å². The van der Waals surface area contributed by atoms with Gasteiger partial charge >= 0.3 is 0 Å². The number of hydrogen-bond acceptors (Lipinski definition) is 2. The lowest BCUT2D eigenvalue weighted by Gasteiger charge is -2.38. The smallest absolute Gasteiger partial charge is 0.0364 e. The van der Waals surface area contributed by atoms with Crippen molar-refractivity contribution in [2.75, 3.05) is 0 Å². The van der Waals surface area contributed by atoms with Crippen LogP contribution >= 0.6 is 24.8 Å². The van der Waals surface area contributed by atoms with E-state index in [-0.39, 0.29) is 0 Å². The molecule has 3 unspecified atom stereocenters. The molecule has 0 aromatic carbocycles. The van der Waals surface area contributed by atoms with E-state index >= 15 is 0 Å². The van der Waals surface area contributed by atoms with Gasteiger partial charge in [0.25, 0.3) is 0 Å². The van der Waals surface area contributed by atoms with Crippen LogP contribution in [0, 0.1) is 11.8 Å². The molecule has 0 nitrogen and oxygen atoms in total. The second kappa shape index (κ2) is 1.99. The first kappa shape index (κ1) is 6.56. The van der Waals surface area contributed by atoms with Gasteiger partial charge in [0.2, 0.25) is 0 Å². The summed E-state index contributed by atoms with van der Waals surface area (Å²) in [6.07, 6.45) is 0. The summed E-state index contributed by atoms with van der Waals surface area (Å²) < 4.78 is 0. The van der Waals surface area contributed by atoms with E-state index in [0.29, 0.717) is 17.1 Å². The van der Waals surface area contributed by atoms with Crippen molar-refractivity contribution in [2.45, 2.75) is 19.1 Å². The largest absolute Gasteiger partial charge is 0.170 e. The zero-order valence-electron chi connectivity index (χ0n) is 5.09. The average molecular weight is 146 g/mol. The molecule has 0 aromatic heterocycles. The molecule has 1 rings (SSSR count). The van der Waals surface area contributed by atoms with E-state index in [1.54, 1.807) is 0 Å². The predicted molar refractivity (Wildman–Crippen MR) is 43.7 cm³/mol. The van der Waals surface area contributed by atoms with Crippen LogP contribution in [-0.2, 0) is 0 Å². The fraction of sp³-hybridized carbons (Fsp3) is 0.833. The zero-order valence-corrected chi connectivity index (χ0v) is 6.80. The standard InChI is InChI=1S/C6H10S2/c1-3-4(2)6(8)5(3)7/h3-5,7H,1-2H3. The number of hydrogen-bond donors (Lipinski definition) is 1. The fourth-order valence-corrected chi connectivity index (χ4v) is 1.87. The molecule has 0 aromatic rings. The maximum atomic E-state index is 5.03. The minimum Gasteiger partial charge on any atom is -0.170 e. The molecule has 8 heavy (non-hydrogen) atoms. The first-order chi connectivity index (χ1) is 3.64. The first-order valence-corrected chi connectivity index (χ1v) is 3.79. The Hall–Kier alpha value is 0.440. The monoisotopic (exact) mass is 146 g/mol. The molecule has 0 bridgehead atoms. The quantitative estimate of drug-likeness (QED) is 0.402. The van der Waals surface area contributed by atoms with E-state index in [9.17, 15) is 0 Å². The van der Waals surface area contributed by atoms with Gasteiger partial charge in [-0.25, -0.2) is 0 Å². The minimum atomic E-state index is 0.403. The van der Waals surface area contributed by atoms with Crippen molar-refractivity contribution in [2.24, 2.45) is 11.8 Å². The third-order valence-corrected chi connectivity index (χ3v) is 3.58. The summed E-state index contributed by atoms with van der Waals surface area (Å²) in [6, 6.07) is 0. The van der Waals surface area contributed by atoms with Crippen molar-refractivity contribution in [3.05, 3.63) is 0 Å². The van der Waals surface area contributed by atoms with Gasteiger partial charge in [-0.05, 0) is 11.8 Å². The van der Waals surface area contributed by atoms with Gasteiger partial charge in [-0.15, -0.1) is 0 Å². The van der Waals surface area contributed by atoms with Gasteiger partial charge in [0.05, 0.1) is 0 Å². The third kappa shape index (κ3) is 0.705. The summed E-state index contributed by atoms with van der Waals surface area (Å²) in [5, 5.41) is 0.403. The molecule has 1 saturated carbocycles. The molecule has 0 N–H and O–H groups in total. The minimum absolute atomic E-state index is 0.403. The third-order valence-electron chi connectivity index (χ3n) is 2.03. The lowest BCUT2D eigenvalue weighted by Crippen LogP contribution is -2.44. The summed E-state index contributed by atoms with van der Waals surface area (Å²) in [6.45, 7) is 4.36. The molecule has 1 aliphatic rings. The molecular weight excluding hydrogens is 136 g/mol. The molecule has 1 fully saturated rings. The van der Waals surface area contributed by atoms with Gasteiger partial charge in [0.15, 0.2) is 0 Å². The fourth-order valence-electron chi connectivity index (χ4n) is 0.942. The Morgan fingerprint density at radius 2 is 2.00 bits per heavy atom. The molecule has 46 valence electrons. The Labute approximate surface area is 61.1 Å². The van der Waals surface area contributed by atoms with Gasteiger partial charge in [-0.3, -0.25) is 0 Å². The van der Waals surface area contributed by atoms with E-state index in [0.717, 1.165) is 4.86 Å². The van der Waals surface area contributed by atoms with Crippen LogP contribution in [0.3, 0.4) is 0 Å². The van der Waals surface area contributed by atoms with E-state index in [4.69, 9.17) is 12.2 Å². The van der Waals surface area contributed by atoms with Crippen LogP contribution in [0.4, 0.5) is 0 Å². The van der Waals surface area contributed by atoms with Gasteiger partial charge in [0, 0.05) is 10.1 Å². The van der Waals surface area contributed by atoms with Gasteiger partial charge in [-0.2, -0.15) is 12.6 Å². The molecule has 1 aliphatic carbocycles. The maximum Gasteiger partial charge on any atom is 0.0364 e. The topological polar surface area (TPSA) is 0 Å². The second-order valence-electron chi connectivity index (χ2n) is 2.49. The molecule has 0 aliphatic heterocycles. The molecule has 0 saturated heterocycles.